The normalized spacial score (nSPS) is 20.5. The number of rotatable bonds is 3. The van der Waals surface area contributed by atoms with Crippen molar-refractivity contribution in [3.63, 3.8) is 0 Å². The van der Waals surface area contributed by atoms with Crippen LogP contribution in [0.4, 0.5) is 5.69 Å². The Morgan fingerprint density at radius 2 is 1.94 bits per heavy atom. The van der Waals surface area contributed by atoms with Crippen LogP contribution in [0.25, 0.3) is 0 Å². The van der Waals surface area contributed by atoms with Crippen molar-refractivity contribution in [1.82, 2.24) is 0 Å². The summed E-state index contributed by atoms with van der Waals surface area (Å²) in [5.41, 5.74) is 2.91. The van der Waals surface area contributed by atoms with Crippen LogP contribution in [0.5, 0.6) is 0 Å². The number of nitrogens with one attached hydrogen (secondary N) is 1. The number of benzene rings is 1. The van der Waals surface area contributed by atoms with Crippen LogP contribution in [0, 0.1) is 5.92 Å². The second-order valence-corrected chi connectivity index (χ2v) is 7.09. The van der Waals surface area contributed by atoms with E-state index >= 15 is 0 Å². The summed E-state index contributed by atoms with van der Waals surface area (Å²) in [5, 5.41) is 3.55. The van der Waals surface area contributed by atoms with E-state index in [1.807, 2.05) is 0 Å². The molecule has 0 bridgehead atoms. The molecule has 1 aromatic carbocycles. The van der Waals surface area contributed by atoms with Gasteiger partial charge in [-0.25, -0.2) is 0 Å². The predicted molar refractivity (Wildman–Crippen MR) is 79.1 cm³/mol. The molecule has 0 aromatic heterocycles. The van der Waals surface area contributed by atoms with Crippen LogP contribution >= 0.6 is 11.8 Å². The van der Waals surface area contributed by atoms with Crippen LogP contribution in [0.3, 0.4) is 0 Å². The number of thioether (sulfide) groups is 1. The summed E-state index contributed by atoms with van der Waals surface area (Å²) in [5.74, 6) is 3.53. The molecule has 1 N–H and O–H groups in total. The molecular weight excluding hydrogens is 226 g/mol. The predicted octanol–water partition coefficient (Wildman–Crippen LogP) is 4.15. The molecule has 17 heavy (non-hydrogen) atoms. The van der Waals surface area contributed by atoms with E-state index in [0.717, 1.165) is 12.5 Å². The van der Waals surface area contributed by atoms with Crippen molar-refractivity contribution in [2.24, 2.45) is 5.92 Å². The van der Waals surface area contributed by atoms with Crippen LogP contribution in [-0.4, -0.2) is 18.1 Å². The van der Waals surface area contributed by atoms with E-state index in [0.29, 0.717) is 0 Å². The summed E-state index contributed by atoms with van der Waals surface area (Å²) < 4.78 is 0. The first kappa shape index (κ1) is 12.8. The molecular formula is C15H23NS. The molecule has 0 amide bonds. The van der Waals surface area contributed by atoms with Gasteiger partial charge in [0, 0.05) is 12.2 Å². The molecule has 1 nitrogen and oxygen atoms in total. The van der Waals surface area contributed by atoms with E-state index in [-0.39, 0.29) is 5.41 Å². The molecule has 2 rings (SSSR count). The van der Waals surface area contributed by atoms with Crippen LogP contribution in [-0.2, 0) is 5.41 Å². The molecule has 0 aliphatic carbocycles. The van der Waals surface area contributed by atoms with Crippen molar-refractivity contribution in [3.8, 4) is 0 Å². The second kappa shape index (κ2) is 5.34. The van der Waals surface area contributed by atoms with Gasteiger partial charge in [0.25, 0.3) is 0 Å². The van der Waals surface area contributed by atoms with Crippen molar-refractivity contribution in [1.29, 1.82) is 0 Å². The maximum Gasteiger partial charge on any atom is 0.0340 e. The van der Waals surface area contributed by atoms with Crippen LogP contribution in [0.2, 0.25) is 0 Å². The average Bonchev–Trinajstić information content (AvgIpc) is 2.78. The monoisotopic (exact) mass is 249 g/mol. The standard InChI is InChI=1S/C15H23NS/c1-15(2,3)13-4-6-14(7-5-13)16-10-12-8-9-17-11-12/h4-7,12,16H,8-11H2,1-3H3. The van der Waals surface area contributed by atoms with E-state index < -0.39 is 0 Å². The van der Waals surface area contributed by atoms with Crippen molar-refractivity contribution >= 4 is 17.4 Å². The van der Waals surface area contributed by atoms with Gasteiger partial charge in [0.05, 0.1) is 0 Å². The van der Waals surface area contributed by atoms with Gasteiger partial charge in [-0.15, -0.1) is 0 Å². The Bertz CT molecular complexity index is 344. The van der Waals surface area contributed by atoms with Gasteiger partial charge in [-0.2, -0.15) is 11.8 Å². The number of anilines is 1. The smallest absolute Gasteiger partial charge is 0.0340 e. The van der Waals surface area contributed by atoms with E-state index in [1.54, 1.807) is 0 Å². The zero-order valence-corrected chi connectivity index (χ0v) is 11.9. The molecule has 1 aliphatic heterocycles. The molecule has 94 valence electrons. The molecule has 1 saturated heterocycles. The first-order valence-electron chi connectivity index (χ1n) is 6.48. The number of hydrogen-bond acceptors (Lipinski definition) is 2. The molecule has 1 atom stereocenters. The Labute approximate surface area is 109 Å². The Morgan fingerprint density at radius 3 is 2.47 bits per heavy atom. The largest absolute Gasteiger partial charge is 0.385 e. The molecule has 0 radical (unpaired) electrons. The van der Waals surface area contributed by atoms with Gasteiger partial charge in [0.1, 0.15) is 0 Å². The summed E-state index contributed by atoms with van der Waals surface area (Å²) in [6.07, 6.45) is 1.37. The van der Waals surface area contributed by atoms with Crippen molar-refractivity contribution in [2.45, 2.75) is 32.6 Å². The highest BCUT2D eigenvalue weighted by molar-refractivity contribution is 7.99. The Balaban J connectivity index is 1.89. The Kier molecular flexibility index (Phi) is 4.03. The van der Waals surface area contributed by atoms with E-state index in [4.69, 9.17) is 0 Å². The fraction of sp³-hybridized carbons (Fsp3) is 0.600. The maximum atomic E-state index is 3.55. The topological polar surface area (TPSA) is 12.0 Å². The third kappa shape index (κ3) is 3.67. The summed E-state index contributed by atoms with van der Waals surface area (Å²) in [6.45, 7) is 7.89. The molecule has 0 spiro atoms. The Morgan fingerprint density at radius 1 is 1.24 bits per heavy atom. The lowest BCUT2D eigenvalue weighted by Gasteiger charge is -2.19. The first-order valence-corrected chi connectivity index (χ1v) is 7.63. The van der Waals surface area contributed by atoms with Crippen LogP contribution < -0.4 is 5.32 Å². The zero-order valence-electron chi connectivity index (χ0n) is 11.1. The van der Waals surface area contributed by atoms with Crippen molar-refractivity contribution in [2.75, 3.05) is 23.4 Å². The van der Waals surface area contributed by atoms with Gasteiger partial charge in [-0.05, 0) is 47.0 Å². The SMILES string of the molecule is CC(C)(C)c1ccc(NCC2CCSC2)cc1. The summed E-state index contributed by atoms with van der Waals surface area (Å²) in [7, 11) is 0. The molecule has 1 fully saturated rings. The number of hydrogen-bond donors (Lipinski definition) is 1. The van der Waals surface area contributed by atoms with Crippen LogP contribution in [0.1, 0.15) is 32.8 Å². The summed E-state index contributed by atoms with van der Waals surface area (Å²) >= 11 is 2.08. The van der Waals surface area contributed by atoms with E-state index in [1.165, 1.54) is 29.2 Å². The summed E-state index contributed by atoms with van der Waals surface area (Å²) in [6, 6.07) is 8.91. The minimum atomic E-state index is 0.251. The van der Waals surface area contributed by atoms with Gasteiger partial charge >= 0.3 is 0 Å². The minimum absolute atomic E-state index is 0.251. The average molecular weight is 249 g/mol. The lowest BCUT2D eigenvalue weighted by Crippen LogP contribution is -2.14. The quantitative estimate of drug-likeness (QED) is 0.863. The second-order valence-electron chi connectivity index (χ2n) is 5.94. The highest BCUT2D eigenvalue weighted by Crippen LogP contribution is 2.25. The fourth-order valence-electron chi connectivity index (χ4n) is 2.09. The van der Waals surface area contributed by atoms with Crippen LogP contribution in [0.15, 0.2) is 24.3 Å². The molecule has 1 aromatic rings. The van der Waals surface area contributed by atoms with Crippen molar-refractivity contribution in [3.05, 3.63) is 29.8 Å². The molecule has 0 saturated carbocycles. The van der Waals surface area contributed by atoms with E-state index in [2.05, 4.69) is 62.1 Å². The fourth-order valence-corrected chi connectivity index (χ4v) is 3.38. The van der Waals surface area contributed by atoms with Gasteiger partial charge in [0.15, 0.2) is 0 Å². The first-order chi connectivity index (χ1) is 8.05. The van der Waals surface area contributed by atoms with Gasteiger partial charge in [0.2, 0.25) is 0 Å². The lowest BCUT2D eigenvalue weighted by molar-refractivity contribution is 0.590. The molecule has 1 aliphatic rings. The molecule has 2 heteroatoms. The highest BCUT2D eigenvalue weighted by Gasteiger charge is 2.15. The maximum absolute atomic E-state index is 3.55. The Hall–Kier alpha value is -0.630. The van der Waals surface area contributed by atoms with Gasteiger partial charge in [-0.1, -0.05) is 32.9 Å². The lowest BCUT2D eigenvalue weighted by atomic mass is 9.87. The third-order valence-corrected chi connectivity index (χ3v) is 4.60. The third-order valence-electron chi connectivity index (χ3n) is 3.37. The molecule has 1 heterocycles. The van der Waals surface area contributed by atoms with E-state index in [9.17, 15) is 0 Å². The summed E-state index contributed by atoms with van der Waals surface area (Å²) in [4.78, 5) is 0. The molecule has 1 unspecified atom stereocenters. The zero-order chi connectivity index (χ0) is 12.3. The van der Waals surface area contributed by atoms with Crippen molar-refractivity contribution < 1.29 is 0 Å². The highest BCUT2D eigenvalue weighted by atomic mass is 32.2. The van der Waals surface area contributed by atoms with Gasteiger partial charge in [-0.3, -0.25) is 0 Å². The minimum Gasteiger partial charge on any atom is -0.385 e. The van der Waals surface area contributed by atoms with Gasteiger partial charge < -0.3 is 5.32 Å².